The Balaban J connectivity index is 2.06. The molecular weight excluding hydrogens is 384 g/mol. The van der Waals surface area contributed by atoms with Gasteiger partial charge in [-0.1, -0.05) is 76.2 Å². The van der Waals surface area contributed by atoms with Crippen molar-refractivity contribution in [2.75, 3.05) is 0 Å². The molecule has 4 nitrogen and oxygen atoms in total. The first-order chi connectivity index (χ1) is 11.7. The zero-order chi connectivity index (χ0) is 16.9. The van der Waals surface area contributed by atoms with E-state index in [0.29, 0.717) is 6.54 Å². The average molecular weight is 399 g/mol. The molecule has 3 rings (SSSR count). The summed E-state index contributed by atoms with van der Waals surface area (Å²) in [5.74, 6) is 0.791. The molecule has 0 saturated carbocycles. The Hall–Kier alpha value is -2.10. The van der Waals surface area contributed by atoms with E-state index in [2.05, 4.69) is 48.9 Å². The summed E-state index contributed by atoms with van der Waals surface area (Å²) in [7, 11) is 0. The van der Waals surface area contributed by atoms with Crippen molar-refractivity contribution in [3.8, 4) is 17.5 Å². The van der Waals surface area contributed by atoms with Crippen molar-refractivity contribution < 1.29 is 0 Å². The van der Waals surface area contributed by atoms with Gasteiger partial charge in [0.05, 0.1) is 17.9 Å². The van der Waals surface area contributed by atoms with E-state index in [9.17, 15) is 0 Å². The van der Waals surface area contributed by atoms with E-state index in [0.717, 1.165) is 26.6 Å². The van der Waals surface area contributed by atoms with Crippen molar-refractivity contribution in [3.05, 3.63) is 64.6 Å². The number of benzene rings is 2. The molecule has 0 aliphatic carbocycles. The summed E-state index contributed by atoms with van der Waals surface area (Å²) in [5, 5.41) is 18.4. The van der Waals surface area contributed by atoms with Crippen LogP contribution in [0.4, 0.5) is 0 Å². The zero-order valence-corrected chi connectivity index (χ0v) is 15.5. The van der Waals surface area contributed by atoms with Gasteiger partial charge in [0.1, 0.15) is 0 Å². The maximum Gasteiger partial charge on any atom is 0.193 e. The van der Waals surface area contributed by atoms with Crippen LogP contribution in [-0.4, -0.2) is 20.0 Å². The number of nitrogens with zero attached hydrogens (tertiary/aromatic N) is 4. The lowest BCUT2D eigenvalue weighted by atomic mass is 10.2. The van der Waals surface area contributed by atoms with E-state index < -0.39 is 0 Å². The average Bonchev–Trinajstić information content (AvgIpc) is 2.98. The van der Waals surface area contributed by atoms with Gasteiger partial charge in [-0.2, -0.15) is 5.26 Å². The molecule has 0 bridgehead atoms. The smallest absolute Gasteiger partial charge is 0.193 e. The van der Waals surface area contributed by atoms with E-state index in [1.165, 1.54) is 11.8 Å². The van der Waals surface area contributed by atoms with Gasteiger partial charge < -0.3 is 0 Å². The first kappa shape index (κ1) is 16.7. The third-order valence-corrected chi connectivity index (χ3v) is 5.14. The van der Waals surface area contributed by atoms with Crippen LogP contribution in [0.25, 0.3) is 11.4 Å². The van der Waals surface area contributed by atoms with E-state index in [4.69, 9.17) is 5.26 Å². The van der Waals surface area contributed by atoms with Crippen LogP contribution in [0.15, 0.2) is 64.2 Å². The van der Waals surface area contributed by atoms with Crippen molar-refractivity contribution in [2.24, 2.45) is 0 Å². The first-order valence-corrected chi connectivity index (χ1v) is 9.14. The number of rotatable bonds is 5. The Kier molecular flexibility index (Phi) is 5.34. The Morgan fingerprint density at radius 2 is 1.83 bits per heavy atom. The SMILES string of the molecule is C[C@@H](C#N)Sc1nnc(-c2ccccc2Br)n1Cc1ccccc1. The first-order valence-electron chi connectivity index (χ1n) is 7.47. The van der Waals surface area contributed by atoms with Crippen molar-refractivity contribution in [1.29, 1.82) is 5.26 Å². The third-order valence-electron chi connectivity index (χ3n) is 3.48. The molecule has 120 valence electrons. The molecule has 24 heavy (non-hydrogen) atoms. The van der Waals surface area contributed by atoms with Gasteiger partial charge in [0, 0.05) is 10.0 Å². The largest absolute Gasteiger partial charge is 0.297 e. The van der Waals surface area contributed by atoms with Crippen LogP contribution in [0, 0.1) is 11.3 Å². The van der Waals surface area contributed by atoms with Crippen LogP contribution in [0.3, 0.4) is 0 Å². The van der Waals surface area contributed by atoms with E-state index in [1.807, 2.05) is 49.4 Å². The highest BCUT2D eigenvalue weighted by Crippen LogP contribution is 2.31. The number of hydrogen-bond acceptors (Lipinski definition) is 4. The minimum absolute atomic E-state index is 0.184. The van der Waals surface area contributed by atoms with Gasteiger partial charge in [-0.05, 0) is 18.6 Å². The summed E-state index contributed by atoms with van der Waals surface area (Å²) in [4.78, 5) is 0. The number of nitriles is 1. The summed E-state index contributed by atoms with van der Waals surface area (Å²) in [6.07, 6.45) is 0. The molecule has 0 N–H and O–H groups in total. The molecule has 0 unspecified atom stereocenters. The monoisotopic (exact) mass is 398 g/mol. The van der Waals surface area contributed by atoms with Gasteiger partial charge in [-0.15, -0.1) is 10.2 Å². The molecule has 2 aromatic carbocycles. The number of halogens is 1. The van der Waals surface area contributed by atoms with Crippen LogP contribution >= 0.6 is 27.7 Å². The Labute approximate surface area is 153 Å². The van der Waals surface area contributed by atoms with Crippen LogP contribution in [-0.2, 0) is 6.54 Å². The van der Waals surface area contributed by atoms with Gasteiger partial charge in [-0.25, -0.2) is 0 Å². The molecule has 0 saturated heterocycles. The molecule has 0 fully saturated rings. The van der Waals surface area contributed by atoms with Crippen LogP contribution < -0.4 is 0 Å². The summed E-state index contributed by atoms with van der Waals surface area (Å²) < 4.78 is 3.03. The summed E-state index contributed by atoms with van der Waals surface area (Å²) in [5.41, 5.74) is 2.15. The maximum absolute atomic E-state index is 9.11. The summed E-state index contributed by atoms with van der Waals surface area (Å²) >= 11 is 5.01. The molecule has 0 aliphatic rings. The van der Waals surface area contributed by atoms with Gasteiger partial charge in [0.25, 0.3) is 0 Å². The molecule has 1 aromatic heterocycles. The van der Waals surface area contributed by atoms with Crippen molar-refractivity contribution >= 4 is 27.7 Å². The second-order valence-electron chi connectivity index (χ2n) is 5.25. The molecule has 1 heterocycles. The number of thioether (sulfide) groups is 1. The topological polar surface area (TPSA) is 54.5 Å². The van der Waals surface area contributed by atoms with E-state index in [-0.39, 0.29) is 5.25 Å². The van der Waals surface area contributed by atoms with Crippen LogP contribution in [0.1, 0.15) is 12.5 Å². The molecule has 0 aliphatic heterocycles. The van der Waals surface area contributed by atoms with Gasteiger partial charge in [0.15, 0.2) is 11.0 Å². The molecular formula is C18H15BrN4S. The quantitative estimate of drug-likeness (QED) is 0.581. The number of aromatic nitrogens is 3. The van der Waals surface area contributed by atoms with E-state index >= 15 is 0 Å². The molecule has 3 aromatic rings. The third kappa shape index (κ3) is 3.69. The predicted octanol–water partition coefficient (Wildman–Crippen LogP) is 4.76. The van der Waals surface area contributed by atoms with E-state index in [1.54, 1.807) is 0 Å². The van der Waals surface area contributed by atoms with Crippen LogP contribution in [0.2, 0.25) is 0 Å². The van der Waals surface area contributed by atoms with Gasteiger partial charge >= 0.3 is 0 Å². The molecule has 6 heteroatoms. The lowest BCUT2D eigenvalue weighted by molar-refractivity contribution is 0.714. The molecule has 0 amide bonds. The molecule has 1 atom stereocenters. The highest BCUT2D eigenvalue weighted by Gasteiger charge is 2.18. The Morgan fingerprint density at radius 3 is 2.54 bits per heavy atom. The van der Waals surface area contributed by atoms with Gasteiger partial charge in [-0.3, -0.25) is 4.57 Å². The highest BCUT2D eigenvalue weighted by atomic mass is 79.9. The second-order valence-corrected chi connectivity index (χ2v) is 7.41. The minimum atomic E-state index is -0.184. The Morgan fingerprint density at radius 1 is 1.12 bits per heavy atom. The lowest BCUT2D eigenvalue weighted by Gasteiger charge is -2.11. The van der Waals surface area contributed by atoms with Crippen molar-refractivity contribution in [3.63, 3.8) is 0 Å². The maximum atomic E-state index is 9.11. The molecule has 0 spiro atoms. The predicted molar refractivity (Wildman–Crippen MR) is 99.6 cm³/mol. The minimum Gasteiger partial charge on any atom is -0.297 e. The summed E-state index contributed by atoms with van der Waals surface area (Å²) in [6.45, 7) is 2.52. The fourth-order valence-electron chi connectivity index (χ4n) is 2.31. The zero-order valence-electron chi connectivity index (χ0n) is 13.1. The highest BCUT2D eigenvalue weighted by molar-refractivity contribution is 9.10. The standard InChI is InChI=1S/C18H15BrN4S/c1-13(11-20)24-18-22-21-17(15-9-5-6-10-16(15)19)23(18)12-14-7-3-2-4-8-14/h2-10,13H,12H2,1H3/t13-/m0/s1. The number of hydrogen-bond donors (Lipinski definition) is 0. The summed E-state index contributed by atoms with van der Waals surface area (Å²) in [6, 6.07) is 20.4. The fraction of sp³-hybridized carbons (Fsp3) is 0.167. The van der Waals surface area contributed by atoms with Crippen LogP contribution in [0.5, 0.6) is 0 Å². The molecule has 0 radical (unpaired) electrons. The second kappa shape index (κ2) is 7.65. The lowest BCUT2D eigenvalue weighted by Crippen LogP contribution is -2.05. The van der Waals surface area contributed by atoms with Gasteiger partial charge in [0.2, 0.25) is 0 Å². The van der Waals surface area contributed by atoms with Crippen molar-refractivity contribution in [2.45, 2.75) is 23.9 Å². The Bertz CT molecular complexity index is 870. The van der Waals surface area contributed by atoms with Crippen molar-refractivity contribution in [1.82, 2.24) is 14.8 Å². The fourth-order valence-corrected chi connectivity index (χ4v) is 3.51. The normalized spacial score (nSPS) is 11.9.